The van der Waals surface area contributed by atoms with Crippen molar-refractivity contribution in [1.29, 1.82) is 5.26 Å². The maximum atomic E-state index is 11.8. The highest BCUT2D eigenvalue weighted by Crippen LogP contribution is 2.18. The van der Waals surface area contributed by atoms with Crippen molar-refractivity contribution in [1.82, 2.24) is 9.03 Å². The maximum absolute atomic E-state index is 11.8. The van der Waals surface area contributed by atoms with Gasteiger partial charge in [-0.3, -0.25) is 0 Å². The van der Waals surface area contributed by atoms with Crippen LogP contribution in [0, 0.1) is 11.3 Å². The summed E-state index contributed by atoms with van der Waals surface area (Å²) < 4.78 is 30.9. The molecular weight excluding hydrogens is 246 g/mol. The van der Waals surface area contributed by atoms with Crippen molar-refractivity contribution in [2.75, 3.05) is 13.2 Å². The standard InChI is InChI=1S/C9H15N3O4S/c1-2-16-9(13)11-17(14,15)12-6-4-3-5-8(12)7-10/h8H,2-6H2,1H3,(H,11,13). The van der Waals surface area contributed by atoms with E-state index in [9.17, 15) is 13.2 Å². The van der Waals surface area contributed by atoms with Gasteiger partial charge in [0.2, 0.25) is 0 Å². The average Bonchev–Trinajstić information content (AvgIpc) is 2.28. The molecule has 1 aliphatic rings. The molecule has 17 heavy (non-hydrogen) atoms. The summed E-state index contributed by atoms with van der Waals surface area (Å²) >= 11 is 0. The second-order valence-electron chi connectivity index (χ2n) is 3.58. The summed E-state index contributed by atoms with van der Waals surface area (Å²) in [5, 5.41) is 8.86. The van der Waals surface area contributed by atoms with Gasteiger partial charge in [-0.2, -0.15) is 18.0 Å². The molecule has 1 fully saturated rings. The van der Waals surface area contributed by atoms with Crippen molar-refractivity contribution in [3.8, 4) is 6.07 Å². The van der Waals surface area contributed by atoms with E-state index in [1.807, 2.05) is 6.07 Å². The van der Waals surface area contributed by atoms with Crippen molar-refractivity contribution in [3.05, 3.63) is 0 Å². The molecule has 96 valence electrons. The predicted molar refractivity (Wildman–Crippen MR) is 59.0 cm³/mol. The average molecular weight is 261 g/mol. The Morgan fingerprint density at radius 3 is 2.88 bits per heavy atom. The molecule has 0 aliphatic carbocycles. The van der Waals surface area contributed by atoms with Crippen LogP contribution in [0.1, 0.15) is 26.2 Å². The number of ether oxygens (including phenoxy) is 1. The normalized spacial score (nSPS) is 21.5. The molecule has 0 aromatic carbocycles. The van der Waals surface area contributed by atoms with Crippen molar-refractivity contribution in [2.24, 2.45) is 0 Å². The van der Waals surface area contributed by atoms with E-state index in [0.717, 1.165) is 10.7 Å². The molecule has 1 heterocycles. The van der Waals surface area contributed by atoms with Crippen molar-refractivity contribution >= 4 is 16.3 Å². The topological polar surface area (TPSA) is 99.5 Å². The number of nitriles is 1. The molecule has 0 aromatic rings. The van der Waals surface area contributed by atoms with Gasteiger partial charge >= 0.3 is 16.3 Å². The van der Waals surface area contributed by atoms with E-state index in [1.54, 1.807) is 11.6 Å². The highest BCUT2D eigenvalue weighted by Gasteiger charge is 2.33. The van der Waals surface area contributed by atoms with Crippen LogP contribution in [0.3, 0.4) is 0 Å². The first kappa shape index (κ1) is 13.7. The molecule has 0 bridgehead atoms. The zero-order chi connectivity index (χ0) is 12.9. The van der Waals surface area contributed by atoms with E-state index in [0.29, 0.717) is 12.8 Å². The highest BCUT2D eigenvalue weighted by atomic mass is 32.2. The molecule has 1 amide bonds. The first-order chi connectivity index (χ1) is 8.01. The van der Waals surface area contributed by atoms with Gasteiger partial charge in [-0.1, -0.05) is 0 Å². The van der Waals surface area contributed by atoms with E-state index in [-0.39, 0.29) is 13.2 Å². The third kappa shape index (κ3) is 3.57. The van der Waals surface area contributed by atoms with E-state index >= 15 is 0 Å². The van der Waals surface area contributed by atoms with Gasteiger partial charge in [-0.05, 0) is 26.2 Å². The molecule has 1 rings (SSSR count). The fourth-order valence-electron chi connectivity index (χ4n) is 1.65. The Bertz CT molecular complexity index is 414. The number of piperidine rings is 1. The van der Waals surface area contributed by atoms with Crippen LogP contribution in [-0.2, 0) is 14.9 Å². The molecule has 0 aromatic heterocycles. The van der Waals surface area contributed by atoms with E-state index in [2.05, 4.69) is 4.74 Å². The molecule has 1 aliphatic heterocycles. The Balaban J connectivity index is 2.75. The predicted octanol–water partition coefficient (Wildman–Crippen LogP) is 0.355. The minimum Gasteiger partial charge on any atom is -0.449 e. The lowest BCUT2D eigenvalue weighted by Gasteiger charge is -2.29. The van der Waals surface area contributed by atoms with Gasteiger partial charge in [0.1, 0.15) is 6.04 Å². The van der Waals surface area contributed by atoms with Crippen LogP contribution < -0.4 is 4.72 Å². The van der Waals surface area contributed by atoms with Gasteiger partial charge in [0.25, 0.3) is 0 Å². The monoisotopic (exact) mass is 261 g/mol. The summed E-state index contributed by atoms with van der Waals surface area (Å²) in [7, 11) is -3.98. The molecular formula is C9H15N3O4S. The lowest BCUT2D eigenvalue weighted by Crippen LogP contribution is -2.50. The van der Waals surface area contributed by atoms with Crippen LogP contribution >= 0.6 is 0 Å². The largest absolute Gasteiger partial charge is 0.449 e. The van der Waals surface area contributed by atoms with Crippen LogP contribution in [0.15, 0.2) is 0 Å². The summed E-state index contributed by atoms with van der Waals surface area (Å²) in [5.41, 5.74) is 0. The minimum absolute atomic E-state index is 0.0863. The first-order valence-electron chi connectivity index (χ1n) is 5.37. The number of hydrogen-bond donors (Lipinski definition) is 1. The molecule has 1 unspecified atom stereocenters. The zero-order valence-electron chi connectivity index (χ0n) is 9.55. The van der Waals surface area contributed by atoms with E-state index in [1.165, 1.54) is 0 Å². The Kier molecular flexibility index (Phi) is 4.72. The molecule has 1 saturated heterocycles. The fourth-order valence-corrected chi connectivity index (χ4v) is 2.89. The Morgan fingerprint density at radius 2 is 2.29 bits per heavy atom. The smallest absolute Gasteiger partial charge is 0.421 e. The third-order valence-electron chi connectivity index (χ3n) is 2.40. The van der Waals surface area contributed by atoms with Crippen LogP contribution in [0.25, 0.3) is 0 Å². The van der Waals surface area contributed by atoms with E-state index in [4.69, 9.17) is 5.26 Å². The Morgan fingerprint density at radius 1 is 1.59 bits per heavy atom. The number of nitrogens with one attached hydrogen (secondary N) is 1. The highest BCUT2D eigenvalue weighted by molar-refractivity contribution is 7.87. The summed E-state index contributed by atoms with van der Waals surface area (Å²) in [4.78, 5) is 11.1. The number of hydrogen-bond acceptors (Lipinski definition) is 5. The number of carbonyl (C=O) groups excluding carboxylic acids is 1. The number of carbonyl (C=O) groups is 1. The summed E-state index contributed by atoms with van der Waals surface area (Å²) in [5.74, 6) is 0. The first-order valence-corrected chi connectivity index (χ1v) is 6.81. The third-order valence-corrected chi connectivity index (χ3v) is 3.88. The molecule has 1 N–H and O–H groups in total. The number of amides is 1. The van der Waals surface area contributed by atoms with Crippen LogP contribution in [0.4, 0.5) is 4.79 Å². The van der Waals surface area contributed by atoms with Gasteiger partial charge in [0.05, 0.1) is 12.7 Å². The van der Waals surface area contributed by atoms with Crippen LogP contribution in [0.2, 0.25) is 0 Å². The molecule has 1 atom stereocenters. The lowest BCUT2D eigenvalue weighted by molar-refractivity contribution is 0.157. The molecule has 0 spiro atoms. The van der Waals surface area contributed by atoms with Crippen molar-refractivity contribution < 1.29 is 17.9 Å². The summed E-state index contributed by atoms with van der Waals surface area (Å²) in [6.07, 6.45) is 0.959. The molecule has 8 heteroatoms. The minimum atomic E-state index is -3.98. The number of rotatable bonds is 3. The fraction of sp³-hybridized carbons (Fsp3) is 0.778. The lowest BCUT2D eigenvalue weighted by atomic mass is 10.1. The number of nitrogens with zero attached hydrogens (tertiary/aromatic N) is 2. The maximum Gasteiger partial charge on any atom is 0.421 e. The molecule has 0 saturated carbocycles. The van der Waals surface area contributed by atoms with Crippen LogP contribution in [-0.4, -0.2) is 38.0 Å². The van der Waals surface area contributed by atoms with Crippen molar-refractivity contribution in [2.45, 2.75) is 32.2 Å². The van der Waals surface area contributed by atoms with Crippen LogP contribution in [0.5, 0.6) is 0 Å². The Labute approximate surface area is 101 Å². The van der Waals surface area contributed by atoms with E-state index < -0.39 is 22.3 Å². The van der Waals surface area contributed by atoms with Gasteiger partial charge < -0.3 is 4.74 Å². The van der Waals surface area contributed by atoms with Gasteiger partial charge in [-0.25, -0.2) is 9.52 Å². The second-order valence-corrected chi connectivity index (χ2v) is 5.20. The second kappa shape index (κ2) is 5.84. The van der Waals surface area contributed by atoms with Gasteiger partial charge in [0, 0.05) is 6.54 Å². The zero-order valence-corrected chi connectivity index (χ0v) is 10.4. The molecule has 7 nitrogen and oxygen atoms in total. The van der Waals surface area contributed by atoms with Crippen molar-refractivity contribution in [3.63, 3.8) is 0 Å². The quantitative estimate of drug-likeness (QED) is 0.790. The van der Waals surface area contributed by atoms with Gasteiger partial charge in [0.15, 0.2) is 0 Å². The van der Waals surface area contributed by atoms with Gasteiger partial charge in [-0.15, -0.1) is 0 Å². The summed E-state index contributed by atoms with van der Waals surface area (Å²) in [6, 6.07) is 1.21. The Hall–Kier alpha value is -1.33. The molecule has 0 radical (unpaired) electrons. The summed E-state index contributed by atoms with van der Waals surface area (Å²) in [6.45, 7) is 1.90. The SMILES string of the molecule is CCOC(=O)NS(=O)(=O)N1CCCCC1C#N.